The average Bonchev–Trinajstić information content (AvgIpc) is 2.41. The minimum absolute atomic E-state index is 0.0200. The van der Waals surface area contributed by atoms with Crippen molar-refractivity contribution >= 4 is 12.0 Å². The molecule has 2 amide bonds. The van der Waals surface area contributed by atoms with E-state index in [1.807, 2.05) is 18.7 Å². The standard InChI is InChI=1S/C16H32N2O3/c1-4-5-10-13-18(14(2)3)16(21)17-12-9-7-6-8-11-15(19)20/h14H,4-13H2,1-3H3,(H,17,21)(H,19,20). The Balaban J connectivity index is 3.75. The Morgan fingerprint density at radius 3 is 2.29 bits per heavy atom. The van der Waals surface area contributed by atoms with Crippen molar-refractivity contribution in [2.75, 3.05) is 13.1 Å². The fourth-order valence-corrected chi connectivity index (χ4v) is 2.18. The Morgan fingerprint density at radius 2 is 1.71 bits per heavy atom. The van der Waals surface area contributed by atoms with E-state index in [0.29, 0.717) is 6.54 Å². The van der Waals surface area contributed by atoms with Crippen LogP contribution in [0.4, 0.5) is 4.79 Å². The van der Waals surface area contributed by atoms with Gasteiger partial charge in [0.05, 0.1) is 0 Å². The highest BCUT2D eigenvalue weighted by atomic mass is 16.4. The maximum atomic E-state index is 12.1. The Bertz CT molecular complexity index is 293. The van der Waals surface area contributed by atoms with Crippen molar-refractivity contribution in [3.63, 3.8) is 0 Å². The quantitative estimate of drug-likeness (QED) is 0.541. The first-order valence-electron chi connectivity index (χ1n) is 8.25. The molecule has 0 spiro atoms. The topological polar surface area (TPSA) is 69.6 Å². The number of nitrogens with zero attached hydrogens (tertiary/aromatic N) is 1. The third kappa shape index (κ3) is 11.1. The first-order chi connectivity index (χ1) is 9.99. The number of aliphatic carboxylic acids is 1. The van der Waals surface area contributed by atoms with Crippen molar-refractivity contribution in [1.82, 2.24) is 10.2 Å². The van der Waals surface area contributed by atoms with E-state index >= 15 is 0 Å². The van der Waals surface area contributed by atoms with Crippen LogP contribution in [0, 0.1) is 0 Å². The molecule has 0 saturated carbocycles. The zero-order valence-electron chi connectivity index (χ0n) is 13.9. The van der Waals surface area contributed by atoms with E-state index in [9.17, 15) is 9.59 Å². The number of carboxylic acids is 1. The second-order valence-corrected chi connectivity index (χ2v) is 5.78. The van der Waals surface area contributed by atoms with Crippen LogP contribution in [-0.2, 0) is 4.79 Å². The SMILES string of the molecule is CCCCCN(C(=O)NCCCCCCC(=O)O)C(C)C. The van der Waals surface area contributed by atoms with Crippen LogP contribution in [0.15, 0.2) is 0 Å². The number of unbranched alkanes of at least 4 members (excludes halogenated alkanes) is 5. The molecule has 5 nitrogen and oxygen atoms in total. The van der Waals surface area contributed by atoms with Crippen LogP contribution in [0.2, 0.25) is 0 Å². The van der Waals surface area contributed by atoms with E-state index < -0.39 is 5.97 Å². The molecule has 0 heterocycles. The highest BCUT2D eigenvalue weighted by molar-refractivity contribution is 5.74. The number of amides is 2. The zero-order valence-corrected chi connectivity index (χ0v) is 13.9. The number of hydrogen-bond acceptors (Lipinski definition) is 2. The Morgan fingerprint density at radius 1 is 1.05 bits per heavy atom. The molecule has 0 aromatic heterocycles. The molecule has 0 unspecified atom stereocenters. The molecule has 0 atom stereocenters. The largest absolute Gasteiger partial charge is 0.481 e. The fraction of sp³-hybridized carbons (Fsp3) is 0.875. The molecule has 2 N–H and O–H groups in total. The predicted molar refractivity (Wildman–Crippen MR) is 85.5 cm³/mol. The van der Waals surface area contributed by atoms with Gasteiger partial charge in [0.1, 0.15) is 0 Å². The van der Waals surface area contributed by atoms with Gasteiger partial charge >= 0.3 is 12.0 Å². The zero-order chi connectivity index (χ0) is 16.1. The third-order valence-electron chi connectivity index (χ3n) is 3.48. The minimum Gasteiger partial charge on any atom is -0.481 e. The predicted octanol–water partition coefficient (Wildman–Crippen LogP) is 3.63. The molecule has 0 aliphatic heterocycles. The molecule has 0 saturated heterocycles. The van der Waals surface area contributed by atoms with Gasteiger partial charge in [0.25, 0.3) is 0 Å². The molecule has 0 bridgehead atoms. The van der Waals surface area contributed by atoms with E-state index in [-0.39, 0.29) is 18.5 Å². The van der Waals surface area contributed by atoms with Crippen molar-refractivity contribution in [3.8, 4) is 0 Å². The second-order valence-electron chi connectivity index (χ2n) is 5.78. The molecule has 0 rings (SSSR count). The molecular formula is C16H32N2O3. The lowest BCUT2D eigenvalue weighted by atomic mass is 10.1. The normalized spacial score (nSPS) is 10.7. The number of rotatable bonds is 12. The van der Waals surface area contributed by atoms with Crippen LogP contribution < -0.4 is 5.32 Å². The van der Waals surface area contributed by atoms with Crippen molar-refractivity contribution in [2.24, 2.45) is 0 Å². The number of carbonyl (C=O) groups is 2. The molecule has 0 fully saturated rings. The number of urea groups is 1. The van der Waals surface area contributed by atoms with Crippen LogP contribution in [-0.4, -0.2) is 41.1 Å². The number of hydrogen-bond donors (Lipinski definition) is 2. The molecule has 0 aromatic carbocycles. The number of nitrogens with one attached hydrogen (secondary N) is 1. The fourth-order valence-electron chi connectivity index (χ4n) is 2.18. The van der Waals surface area contributed by atoms with E-state index in [1.165, 1.54) is 0 Å². The molecule has 21 heavy (non-hydrogen) atoms. The summed E-state index contributed by atoms with van der Waals surface area (Å²) < 4.78 is 0. The van der Waals surface area contributed by atoms with Gasteiger partial charge in [0.15, 0.2) is 0 Å². The second kappa shape index (κ2) is 12.5. The highest BCUT2D eigenvalue weighted by Gasteiger charge is 2.15. The van der Waals surface area contributed by atoms with Crippen LogP contribution in [0.5, 0.6) is 0 Å². The summed E-state index contributed by atoms with van der Waals surface area (Å²) in [6.07, 6.45) is 7.11. The smallest absolute Gasteiger partial charge is 0.317 e. The van der Waals surface area contributed by atoms with Crippen LogP contribution >= 0.6 is 0 Å². The van der Waals surface area contributed by atoms with E-state index in [0.717, 1.165) is 51.5 Å². The lowest BCUT2D eigenvalue weighted by Crippen LogP contribution is -2.44. The summed E-state index contributed by atoms with van der Waals surface area (Å²) >= 11 is 0. The van der Waals surface area contributed by atoms with Crippen LogP contribution in [0.1, 0.15) is 72.1 Å². The average molecular weight is 300 g/mol. The van der Waals surface area contributed by atoms with Gasteiger partial charge in [0.2, 0.25) is 0 Å². The molecular weight excluding hydrogens is 268 g/mol. The van der Waals surface area contributed by atoms with Crippen molar-refractivity contribution in [2.45, 2.75) is 78.2 Å². The summed E-state index contributed by atoms with van der Waals surface area (Å²) in [7, 11) is 0. The maximum Gasteiger partial charge on any atom is 0.317 e. The van der Waals surface area contributed by atoms with Crippen molar-refractivity contribution in [1.29, 1.82) is 0 Å². The number of carboxylic acid groups (broad SMARTS) is 1. The summed E-state index contributed by atoms with van der Waals surface area (Å²) in [5, 5.41) is 11.5. The monoisotopic (exact) mass is 300 g/mol. The Labute approximate surface area is 129 Å². The summed E-state index contributed by atoms with van der Waals surface area (Å²) in [5.74, 6) is -0.733. The Hall–Kier alpha value is -1.26. The van der Waals surface area contributed by atoms with Crippen molar-refractivity contribution in [3.05, 3.63) is 0 Å². The summed E-state index contributed by atoms with van der Waals surface area (Å²) in [6.45, 7) is 7.72. The maximum absolute atomic E-state index is 12.1. The van der Waals surface area contributed by atoms with E-state index in [2.05, 4.69) is 12.2 Å². The molecule has 0 radical (unpaired) electrons. The number of carbonyl (C=O) groups excluding carboxylic acids is 1. The van der Waals surface area contributed by atoms with Gasteiger partial charge in [-0.1, -0.05) is 32.6 Å². The first kappa shape index (κ1) is 19.7. The first-order valence-corrected chi connectivity index (χ1v) is 8.25. The van der Waals surface area contributed by atoms with Gasteiger partial charge in [-0.2, -0.15) is 0 Å². The summed E-state index contributed by atoms with van der Waals surface area (Å²) in [5.41, 5.74) is 0. The molecule has 0 aliphatic rings. The van der Waals surface area contributed by atoms with Gasteiger partial charge in [-0.3, -0.25) is 4.79 Å². The van der Waals surface area contributed by atoms with Crippen LogP contribution in [0.3, 0.4) is 0 Å². The highest BCUT2D eigenvalue weighted by Crippen LogP contribution is 2.05. The van der Waals surface area contributed by atoms with Crippen LogP contribution in [0.25, 0.3) is 0 Å². The third-order valence-corrected chi connectivity index (χ3v) is 3.48. The molecule has 0 aromatic rings. The van der Waals surface area contributed by atoms with Gasteiger partial charge < -0.3 is 15.3 Å². The van der Waals surface area contributed by atoms with Gasteiger partial charge in [-0.25, -0.2) is 4.79 Å². The molecule has 124 valence electrons. The molecule has 0 aliphatic carbocycles. The van der Waals surface area contributed by atoms with Gasteiger partial charge in [0, 0.05) is 25.6 Å². The summed E-state index contributed by atoms with van der Waals surface area (Å²) in [4.78, 5) is 24.3. The van der Waals surface area contributed by atoms with E-state index in [1.54, 1.807) is 0 Å². The van der Waals surface area contributed by atoms with Gasteiger partial charge in [-0.05, 0) is 33.1 Å². The van der Waals surface area contributed by atoms with Gasteiger partial charge in [-0.15, -0.1) is 0 Å². The molecule has 5 heteroatoms. The van der Waals surface area contributed by atoms with E-state index in [4.69, 9.17) is 5.11 Å². The lowest BCUT2D eigenvalue weighted by molar-refractivity contribution is -0.137. The van der Waals surface area contributed by atoms with Crippen molar-refractivity contribution < 1.29 is 14.7 Å². The lowest BCUT2D eigenvalue weighted by Gasteiger charge is -2.27. The Kier molecular flexibility index (Phi) is 11.7. The summed E-state index contributed by atoms with van der Waals surface area (Å²) in [6, 6.07) is 0.240. The minimum atomic E-state index is -0.733.